The summed E-state index contributed by atoms with van der Waals surface area (Å²) in [4.78, 5) is 0. The van der Waals surface area contributed by atoms with Crippen molar-refractivity contribution < 1.29 is 31.4 Å². The van der Waals surface area contributed by atoms with Gasteiger partial charge in [0.2, 0.25) is 0 Å². The Bertz CT molecular complexity index is 423. The van der Waals surface area contributed by atoms with Crippen molar-refractivity contribution in [2.45, 2.75) is 18.9 Å². The second-order valence-corrected chi connectivity index (χ2v) is 3.23. The number of rotatable bonds is 1. The first-order valence-corrected chi connectivity index (χ1v) is 4.27. The highest BCUT2D eigenvalue weighted by atomic mass is 19.4. The predicted molar refractivity (Wildman–Crippen MR) is 46.0 cm³/mol. The minimum atomic E-state index is -5.07. The summed E-state index contributed by atoms with van der Waals surface area (Å²) in [5.41, 5.74) is 1.14. The van der Waals surface area contributed by atoms with Gasteiger partial charge in [-0.05, 0) is 12.1 Å². The molecule has 3 N–H and O–H groups in total. The van der Waals surface area contributed by atoms with Crippen molar-refractivity contribution in [1.29, 1.82) is 0 Å². The van der Waals surface area contributed by atoms with Crippen LogP contribution in [0.15, 0.2) is 12.1 Å². The summed E-state index contributed by atoms with van der Waals surface area (Å²) in [6.45, 7) is -0.626. The van der Waals surface area contributed by atoms with E-state index in [1.807, 2.05) is 0 Å². The number of hydrogen-bond acceptors (Lipinski definition) is 2. The maximum Gasteiger partial charge on any atom is 0.419 e. The quantitative estimate of drug-likeness (QED) is 0.762. The Hall–Kier alpha value is -1.44. The third-order valence-electron chi connectivity index (χ3n) is 2.04. The molecular formula is C9H7F6NO. The number of halogens is 6. The number of benzene rings is 1. The molecular weight excluding hydrogens is 252 g/mol. The predicted octanol–water partition coefficient (Wildman–Crippen LogP) is 2.89. The summed E-state index contributed by atoms with van der Waals surface area (Å²) in [6.07, 6.45) is -10.0. The van der Waals surface area contributed by atoms with E-state index in [4.69, 9.17) is 10.8 Å². The van der Waals surface area contributed by atoms with Crippen LogP contribution < -0.4 is 5.73 Å². The van der Waals surface area contributed by atoms with E-state index in [2.05, 4.69) is 0 Å². The first-order valence-electron chi connectivity index (χ1n) is 4.27. The molecule has 0 saturated heterocycles. The SMILES string of the molecule is NCc1cc(C(F)(F)F)cc(C(F)(F)F)c1O. The average Bonchev–Trinajstić information content (AvgIpc) is 2.14. The van der Waals surface area contributed by atoms with Crippen LogP contribution >= 0.6 is 0 Å². The fourth-order valence-corrected chi connectivity index (χ4v) is 1.23. The Morgan fingerprint density at radius 3 is 1.88 bits per heavy atom. The van der Waals surface area contributed by atoms with Gasteiger partial charge >= 0.3 is 12.4 Å². The van der Waals surface area contributed by atoms with Crippen LogP contribution in [0.5, 0.6) is 5.75 Å². The summed E-state index contributed by atoms with van der Waals surface area (Å²) < 4.78 is 74.0. The summed E-state index contributed by atoms with van der Waals surface area (Å²) in [7, 11) is 0. The van der Waals surface area contributed by atoms with Crippen LogP contribution in [0.3, 0.4) is 0 Å². The zero-order chi connectivity index (χ0) is 13.4. The van der Waals surface area contributed by atoms with E-state index in [-0.39, 0.29) is 6.07 Å². The van der Waals surface area contributed by atoms with Crippen LogP contribution in [0.4, 0.5) is 26.3 Å². The summed E-state index contributed by atoms with van der Waals surface area (Å²) in [5, 5.41) is 9.15. The molecule has 8 heteroatoms. The molecule has 17 heavy (non-hydrogen) atoms. The van der Waals surface area contributed by atoms with Gasteiger partial charge in [-0.3, -0.25) is 0 Å². The Kier molecular flexibility index (Phi) is 3.28. The molecule has 1 aromatic rings. The standard InChI is InChI=1S/C9H7F6NO/c10-8(11,12)5-1-4(3-16)7(17)6(2-5)9(13,14)15/h1-2,17H,3,16H2. The largest absolute Gasteiger partial charge is 0.507 e. The molecule has 1 aromatic carbocycles. The Balaban J connectivity index is 3.50. The third kappa shape index (κ3) is 2.82. The summed E-state index contributed by atoms with van der Waals surface area (Å²) in [6, 6.07) is 0.249. The number of phenolic OH excluding ortho intramolecular Hbond substituents is 1. The first kappa shape index (κ1) is 13.6. The van der Waals surface area contributed by atoms with Gasteiger partial charge in [-0.15, -0.1) is 0 Å². The lowest BCUT2D eigenvalue weighted by Gasteiger charge is -2.15. The maximum atomic E-state index is 12.4. The number of hydrogen-bond donors (Lipinski definition) is 2. The van der Waals surface area contributed by atoms with Crippen molar-refractivity contribution in [3.05, 3.63) is 28.8 Å². The highest BCUT2D eigenvalue weighted by Crippen LogP contribution is 2.41. The first-order chi connectivity index (χ1) is 7.57. The van der Waals surface area contributed by atoms with Gasteiger partial charge in [0.05, 0.1) is 11.1 Å². The molecule has 2 nitrogen and oxygen atoms in total. The van der Waals surface area contributed by atoms with Gasteiger partial charge < -0.3 is 10.8 Å². The van der Waals surface area contributed by atoms with E-state index in [9.17, 15) is 26.3 Å². The third-order valence-corrected chi connectivity index (χ3v) is 2.04. The molecule has 0 heterocycles. The van der Waals surface area contributed by atoms with E-state index in [0.717, 1.165) is 0 Å². The minimum Gasteiger partial charge on any atom is -0.507 e. The zero-order valence-corrected chi connectivity index (χ0v) is 8.15. The highest BCUT2D eigenvalue weighted by Gasteiger charge is 2.39. The van der Waals surface area contributed by atoms with E-state index >= 15 is 0 Å². The van der Waals surface area contributed by atoms with Gasteiger partial charge in [0.25, 0.3) is 0 Å². The van der Waals surface area contributed by atoms with Crippen molar-refractivity contribution in [3.8, 4) is 5.75 Å². The molecule has 0 amide bonds. The second kappa shape index (κ2) is 4.10. The lowest BCUT2D eigenvalue weighted by Crippen LogP contribution is -2.13. The Labute approximate surface area is 91.7 Å². The molecule has 96 valence electrons. The van der Waals surface area contributed by atoms with Gasteiger partial charge in [0.1, 0.15) is 5.75 Å². The Morgan fingerprint density at radius 1 is 1.00 bits per heavy atom. The van der Waals surface area contributed by atoms with Crippen LogP contribution in [0.25, 0.3) is 0 Å². The van der Waals surface area contributed by atoms with Crippen LogP contribution in [-0.4, -0.2) is 5.11 Å². The summed E-state index contributed by atoms with van der Waals surface area (Å²) in [5.74, 6) is -1.27. The molecule has 0 radical (unpaired) electrons. The van der Waals surface area contributed by atoms with E-state index < -0.39 is 41.3 Å². The number of phenols is 1. The van der Waals surface area contributed by atoms with Crippen molar-refractivity contribution >= 4 is 0 Å². The molecule has 0 unspecified atom stereocenters. The molecule has 0 aromatic heterocycles. The van der Waals surface area contributed by atoms with E-state index in [0.29, 0.717) is 6.07 Å². The fourth-order valence-electron chi connectivity index (χ4n) is 1.23. The molecule has 0 saturated carbocycles. The lowest BCUT2D eigenvalue weighted by molar-refractivity contribution is -0.143. The number of aromatic hydroxyl groups is 1. The maximum absolute atomic E-state index is 12.4. The molecule has 0 aliphatic carbocycles. The fraction of sp³-hybridized carbons (Fsp3) is 0.333. The van der Waals surface area contributed by atoms with Gasteiger partial charge in [0, 0.05) is 12.1 Å². The van der Waals surface area contributed by atoms with Crippen molar-refractivity contribution in [3.63, 3.8) is 0 Å². The van der Waals surface area contributed by atoms with Crippen LogP contribution in [0.1, 0.15) is 16.7 Å². The molecule has 0 fully saturated rings. The van der Waals surface area contributed by atoms with Gasteiger partial charge in [-0.1, -0.05) is 0 Å². The van der Waals surface area contributed by atoms with Crippen LogP contribution in [0.2, 0.25) is 0 Å². The molecule has 0 aliphatic heterocycles. The van der Waals surface area contributed by atoms with E-state index in [1.165, 1.54) is 0 Å². The molecule has 1 rings (SSSR count). The normalized spacial score (nSPS) is 12.9. The zero-order valence-electron chi connectivity index (χ0n) is 8.15. The second-order valence-electron chi connectivity index (χ2n) is 3.23. The number of nitrogens with two attached hydrogens (primary N) is 1. The minimum absolute atomic E-state index is 0.144. The highest BCUT2D eigenvalue weighted by molar-refractivity contribution is 5.46. The van der Waals surface area contributed by atoms with Crippen molar-refractivity contribution in [2.75, 3.05) is 0 Å². The van der Waals surface area contributed by atoms with Gasteiger partial charge in [-0.2, -0.15) is 26.3 Å². The molecule has 0 aliphatic rings. The molecule has 0 spiro atoms. The van der Waals surface area contributed by atoms with Gasteiger partial charge in [-0.25, -0.2) is 0 Å². The lowest BCUT2D eigenvalue weighted by atomic mass is 10.0. The summed E-state index contributed by atoms with van der Waals surface area (Å²) >= 11 is 0. The monoisotopic (exact) mass is 259 g/mol. The molecule has 0 bridgehead atoms. The molecule has 0 atom stereocenters. The average molecular weight is 259 g/mol. The van der Waals surface area contributed by atoms with E-state index in [1.54, 1.807) is 0 Å². The van der Waals surface area contributed by atoms with Crippen molar-refractivity contribution in [1.82, 2.24) is 0 Å². The van der Waals surface area contributed by atoms with Crippen LogP contribution in [-0.2, 0) is 18.9 Å². The van der Waals surface area contributed by atoms with Crippen molar-refractivity contribution in [2.24, 2.45) is 5.73 Å². The smallest absolute Gasteiger partial charge is 0.419 e. The Morgan fingerprint density at radius 2 is 1.53 bits per heavy atom. The number of alkyl halides is 6. The van der Waals surface area contributed by atoms with Crippen LogP contribution in [0, 0.1) is 0 Å². The topological polar surface area (TPSA) is 46.2 Å². The van der Waals surface area contributed by atoms with Gasteiger partial charge in [0.15, 0.2) is 0 Å².